The minimum absolute atomic E-state index is 0.842. The molecule has 1 aliphatic rings. The van der Waals surface area contributed by atoms with Crippen molar-refractivity contribution < 1.29 is 15.1 Å². The van der Waals surface area contributed by atoms with Gasteiger partial charge in [0.15, 0.2) is 0 Å². The van der Waals surface area contributed by atoms with Gasteiger partial charge in [-0.05, 0) is 6.92 Å². The highest BCUT2D eigenvalue weighted by molar-refractivity contribution is 4.70. The van der Waals surface area contributed by atoms with E-state index in [-0.39, 0.29) is 0 Å². The van der Waals surface area contributed by atoms with Crippen LogP contribution in [0.25, 0.3) is 0 Å². The Balaban J connectivity index is 2.28. The molecule has 0 bridgehead atoms. The van der Waals surface area contributed by atoms with Crippen molar-refractivity contribution in [3.05, 3.63) is 0 Å². The minimum Gasteiger partial charge on any atom is -0.339 e. The summed E-state index contributed by atoms with van der Waals surface area (Å²) in [5.41, 5.74) is 0. The lowest BCUT2D eigenvalue weighted by Gasteiger charge is -2.35. The van der Waals surface area contributed by atoms with Gasteiger partial charge >= 0.3 is 0 Å². The van der Waals surface area contributed by atoms with Gasteiger partial charge in [-0.1, -0.05) is 6.92 Å². The second-order valence-electron chi connectivity index (χ2n) is 5.81. The number of rotatable bonds is 4. The first-order valence-corrected chi connectivity index (χ1v) is 6.45. The zero-order chi connectivity index (χ0) is 11.4. The second kappa shape index (κ2) is 5.83. The highest BCUT2D eigenvalue weighted by atomic mass is 15.2. The predicted molar refractivity (Wildman–Crippen MR) is 63.3 cm³/mol. The predicted octanol–water partition coefficient (Wildman–Crippen LogP) is -2.99. The number of hydrogen-bond donors (Lipinski definition) is 3. The third kappa shape index (κ3) is 4.09. The third-order valence-electron chi connectivity index (χ3n) is 3.96. The largest absolute Gasteiger partial charge is 0.339 e. The number of likely N-dealkylation sites (tertiary alicyclic amines) is 1. The van der Waals surface area contributed by atoms with Crippen LogP contribution in [-0.4, -0.2) is 52.9 Å². The quantitative estimate of drug-likeness (QED) is 0.447. The normalized spacial score (nSPS) is 37.2. The zero-order valence-electron chi connectivity index (χ0n) is 11.1. The third-order valence-corrected chi connectivity index (χ3v) is 3.96. The number of likely N-dealkylation sites (N-methyl/N-ethyl adjacent to an activating group) is 1. The van der Waals surface area contributed by atoms with Crippen LogP contribution in [0.4, 0.5) is 0 Å². The molecular weight excluding hydrogens is 186 g/mol. The molecule has 0 radical (unpaired) electrons. The van der Waals surface area contributed by atoms with E-state index in [0.717, 1.165) is 18.0 Å². The number of hydrogen-bond acceptors (Lipinski definition) is 0. The fraction of sp³-hybridized carbons (Fsp3) is 1.00. The fourth-order valence-corrected chi connectivity index (χ4v) is 2.62. The second-order valence-corrected chi connectivity index (χ2v) is 5.81. The Bertz CT molecular complexity index is 182. The molecule has 3 heteroatoms. The van der Waals surface area contributed by atoms with E-state index >= 15 is 0 Å². The monoisotopic (exact) mass is 216 g/mol. The fourth-order valence-electron chi connectivity index (χ4n) is 2.62. The molecule has 90 valence electrons. The molecule has 3 nitrogen and oxygen atoms in total. The summed E-state index contributed by atoms with van der Waals surface area (Å²) in [5, 5.41) is 2.58. The summed E-state index contributed by atoms with van der Waals surface area (Å²) in [6.07, 6.45) is 1.38. The Morgan fingerprint density at radius 3 is 2.60 bits per heavy atom. The van der Waals surface area contributed by atoms with Gasteiger partial charge in [0.1, 0.15) is 13.1 Å². The number of nitrogens with one attached hydrogen (secondary N) is 2. The van der Waals surface area contributed by atoms with Crippen LogP contribution in [0.5, 0.6) is 0 Å². The topological polar surface area (TPSA) is 25.5 Å². The zero-order valence-corrected chi connectivity index (χ0v) is 11.1. The molecule has 1 rings (SSSR count). The van der Waals surface area contributed by atoms with Gasteiger partial charge in [0.25, 0.3) is 0 Å². The molecule has 4 atom stereocenters. The van der Waals surface area contributed by atoms with E-state index in [4.69, 9.17) is 0 Å². The van der Waals surface area contributed by atoms with Crippen molar-refractivity contribution in [2.75, 3.05) is 40.8 Å². The van der Waals surface area contributed by atoms with Crippen LogP contribution in [0.15, 0.2) is 0 Å². The molecule has 0 spiro atoms. The molecule has 0 aromatic rings. The molecule has 1 fully saturated rings. The SMILES string of the molecule is C[C@H]1C[NH+](C)[C@@H](C)C[C@H]1[NH2+]CC[NH+](C)C. The van der Waals surface area contributed by atoms with Crippen LogP contribution in [0, 0.1) is 5.92 Å². The van der Waals surface area contributed by atoms with Crippen molar-refractivity contribution in [2.45, 2.75) is 32.4 Å². The van der Waals surface area contributed by atoms with Gasteiger partial charge < -0.3 is 15.1 Å². The Kier molecular flexibility index (Phi) is 5.03. The lowest BCUT2D eigenvalue weighted by atomic mass is 9.90. The van der Waals surface area contributed by atoms with Crippen LogP contribution in [0.1, 0.15) is 20.3 Å². The minimum atomic E-state index is 0.842. The summed E-state index contributed by atoms with van der Waals surface area (Å²) in [5.74, 6) is 0.873. The summed E-state index contributed by atoms with van der Waals surface area (Å²) in [6.45, 7) is 8.71. The highest BCUT2D eigenvalue weighted by Gasteiger charge is 2.34. The molecule has 4 N–H and O–H groups in total. The molecule has 0 aromatic heterocycles. The molecule has 0 saturated carbocycles. The van der Waals surface area contributed by atoms with Crippen LogP contribution in [0.2, 0.25) is 0 Å². The van der Waals surface area contributed by atoms with E-state index in [1.54, 1.807) is 9.80 Å². The summed E-state index contributed by atoms with van der Waals surface area (Å²) < 4.78 is 0. The van der Waals surface area contributed by atoms with E-state index in [0.29, 0.717) is 0 Å². The first-order valence-electron chi connectivity index (χ1n) is 6.45. The maximum Gasteiger partial charge on any atom is 0.126 e. The van der Waals surface area contributed by atoms with Crippen molar-refractivity contribution in [3.63, 3.8) is 0 Å². The van der Waals surface area contributed by atoms with E-state index in [1.807, 2.05) is 0 Å². The van der Waals surface area contributed by atoms with E-state index in [1.165, 1.54) is 26.1 Å². The van der Waals surface area contributed by atoms with Gasteiger partial charge in [-0.3, -0.25) is 0 Å². The molecular formula is C12H30N3+3. The van der Waals surface area contributed by atoms with Gasteiger partial charge in [-0.25, -0.2) is 0 Å². The lowest BCUT2D eigenvalue weighted by Crippen LogP contribution is -3.17. The maximum absolute atomic E-state index is 2.58. The van der Waals surface area contributed by atoms with Crippen molar-refractivity contribution in [1.82, 2.24) is 0 Å². The molecule has 1 unspecified atom stereocenters. The summed E-state index contributed by atoms with van der Waals surface area (Å²) in [6, 6.07) is 1.71. The molecule has 1 aliphatic heterocycles. The molecule has 1 saturated heterocycles. The van der Waals surface area contributed by atoms with Crippen LogP contribution < -0.4 is 15.1 Å². The average molecular weight is 216 g/mol. The maximum atomic E-state index is 2.58. The summed E-state index contributed by atoms with van der Waals surface area (Å²) >= 11 is 0. The van der Waals surface area contributed by atoms with Crippen molar-refractivity contribution >= 4 is 0 Å². The van der Waals surface area contributed by atoms with E-state index in [2.05, 4.69) is 40.3 Å². The number of piperidine rings is 1. The highest BCUT2D eigenvalue weighted by Crippen LogP contribution is 2.07. The number of nitrogens with two attached hydrogens (primary N) is 1. The van der Waals surface area contributed by atoms with Gasteiger partial charge in [-0.2, -0.15) is 0 Å². The van der Waals surface area contributed by atoms with Crippen LogP contribution in [-0.2, 0) is 0 Å². The van der Waals surface area contributed by atoms with Gasteiger partial charge in [-0.15, -0.1) is 0 Å². The smallest absolute Gasteiger partial charge is 0.126 e. The molecule has 1 heterocycles. The molecule has 0 aliphatic carbocycles. The number of quaternary nitrogens is 3. The van der Waals surface area contributed by atoms with Gasteiger partial charge in [0, 0.05) is 0 Å². The Morgan fingerprint density at radius 2 is 2.00 bits per heavy atom. The first-order chi connectivity index (χ1) is 7.00. The first kappa shape index (κ1) is 12.9. The van der Waals surface area contributed by atoms with Crippen LogP contribution >= 0.6 is 0 Å². The van der Waals surface area contributed by atoms with Gasteiger partial charge in [0.05, 0.1) is 52.1 Å². The van der Waals surface area contributed by atoms with Crippen molar-refractivity contribution in [2.24, 2.45) is 5.92 Å². The average Bonchev–Trinajstić information content (AvgIpc) is 2.13. The Hall–Kier alpha value is -0.120. The van der Waals surface area contributed by atoms with Crippen molar-refractivity contribution in [3.8, 4) is 0 Å². The molecule has 15 heavy (non-hydrogen) atoms. The summed E-state index contributed by atoms with van der Waals surface area (Å²) in [7, 11) is 6.80. The molecule has 0 amide bonds. The van der Waals surface area contributed by atoms with Crippen LogP contribution in [0.3, 0.4) is 0 Å². The van der Waals surface area contributed by atoms with E-state index < -0.39 is 0 Å². The van der Waals surface area contributed by atoms with Crippen molar-refractivity contribution in [1.29, 1.82) is 0 Å². The van der Waals surface area contributed by atoms with E-state index in [9.17, 15) is 0 Å². The Labute approximate surface area is 94.8 Å². The Morgan fingerprint density at radius 1 is 1.33 bits per heavy atom. The summed E-state index contributed by atoms with van der Waals surface area (Å²) in [4.78, 5) is 3.27. The lowest BCUT2D eigenvalue weighted by molar-refractivity contribution is -0.925. The standard InChI is InChI=1S/C12H27N3/c1-10-9-15(5)11(2)8-12(10)13-6-7-14(3)4/h10-13H,6-9H2,1-5H3/p+3/t10-,11-,12+/m0/s1. The van der Waals surface area contributed by atoms with Gasteiger partial charge in [0.2, 0.25) is 0 Å². The molecule has 0 aromatic carbocycles.